The summed E-state index contributed by atoms with van der Waals surface area (Å²) in [7, 11) is 0. The van der Waals surface area contributed by atoms with Crippen LogP contribution in [0.5, 0.6) is 0 Å². The molecular weight excluding hydrogens is 188 g/mol. The second-order valence-corrected chi connectivity index (χ2v) is 5.61. The molecule has 0 amide bonds. The van der Waals surface area contributed by atoms with Gasteiger partial charge < -0.3 is 4.74 Å². The molecule has 0 aliphatic carbocycles. The van der Waals surface area contributed by atoms with Crippen LogP contribution in [0.2, 0.25) is 0 Å². The fourth-order valence-corrected chi connectivity index (χ4v) is 3.05. The van der Waals surface area contributed by atoms with Crippen molar-refractivity contribution < 1.29 is 4.74 Å². The van der Waals surface area contributed by atoms with Crippen LogP contribution in [0, 0.1) is 0 Å². The number of nitrogens with zero attached hydrogens (tertiary/aromatic N) is 1. The second-order valence-electron chi connectivity index (χ2n) is 5.61. The topological polar surface area (TPSA) is 24.5 Å². The molecule has 2 aliphatic heterocycles. The smallest absolute Gasteiger partial charge is 0.132 e. The van der Waals surface area contributed by atoms with Crippen molar-refractivity contribution in [1.82, 2.24) is 10.2 Å². The number of likely N-dealkylation sites (tertiary alicyclic amines) is 1. The Balaban J connectivity index is 2.09. The van der Waals surface area contributed by atoms with E-state index in [1.54, 1.807) is 0 Å². The van der Waals surface area contributed by atoms with Crippen LogP contribution in [0.25, 0.3) is 0 Å². The number of hydrogen-bond donors (Lipinski definition) is 1. The first-order chi connectivity index (χ1) is 6.97. The number of likely N-dealkylation sites (N-methyl/N-ethyl adjacent to an activating group) is 1. The van der Waals surface area contributed by atoms with Gasteiger partial charge in [-0.25, -0.2) is 0 Å². The lowest BCUT2D eigenvalue weighted by Gasteiger charge is -2.37. The highest BCUT2D eigenvalue weighted by Crippen LogP contribution is 2.34. The monoisotopic (exact) mass is 212 g/mol. The molecule has 0 spiro atoms. The molecule has 0 aromatic heterocycles. The van der Waals surface area contributed by atoms with E-state index in [9.17, 15) is 0 Å². The van der Waals surface area contributed by atoms with Crippen LogP contribution >= 0.6 is 0 Å². The van der Waals surface area contributed by atoms with E-state index in [1.807, 2.05) is 0 Å². The van der Waals surface area contributed by atoms with Crippen LogP contribution in [0.1, 0.15) is 40.5 Å². The summed E-state index contributed by atoms with van der Waals surface area (Å²) in [5, 5.41) is 3.57. The standard InChI is InChI=1S/C12H24N2O/c1-5-14-8-6-7-10(14)12(4)13-9-11(2,3)15-12/h10,13H,5-9H2,1-4H3. The van der Waals surface area contributed by atoms with Crippen molar-refractivity contribution in [2.45, 2.75) is 57.9 Å². The zero-order chi connectivity index (χ0) is 11.1. The van der Waals surface area contributed by atoms with E-state index in [-0.39, 0.29) is 11.3 Å². The van der Waals surface area contributed by atoms with Gasteiger partial charge in [-0.1, -0.05) is 6.92 Å². The summed E-state index contributed by atoms with van der Waals surface area (Å²) in [6.07, 6.45) is 2.56. The van der Waals surface area contributed by atoms with E-state index in [0.717, 1.165) is 13.1 Å². The first-order valence-electron chi connectivity index (χ1n) is 6.16. The van der Waals surface area contributed by atoms with Gasteiger partial charge in [0.25, 0.3) is 0 Å². The van der Waals surface area contributed by atoms with Crippen LogP contribution in [-0.4, -0.2) is 41.9 Å². The summed E-state index contributed by atoms with van der Waals surface area (Å²) in [6, 6.07) is 0.546. The molecule has 0 saturated carbocycles. The lowest BCUT2D eigenvalue weighted by Crippen LogP contribution is -2.54. The molecule has 3 heteroatoms. The van der Waals surface area contributed by atoms with Gasteiger partial charge in [0.1, 0.15) is 5.72 Å². The Kier molecular flexibility index (Phi) is 2.82. The van der Waals surface area contributed by atoms with Crippen LogP contribution in [-0.2, 0) is 4.74 Å². The van der Waals surface area contributed by atoms with Gasteiger partial charge in [-0.3, -0.25) is 10.2 Å². The number of hydrogen-bond acceptors (Lipinski definition) is 3. The Labute approximate surface area is 93.2 Å². The van der Waals surface area contributed by atoms with Crippen molar-refractivity contribution in [3.63, 3.8) is 0 Å². The van der Waals surface area contributed by atoms with Crippen molar-refractivity contribution in [3.05, 3.63) is 0 Å². The van der Waals surface area contributed by atoms with Gasteiger partial charge in [0.05, 0.1) is 11.6 Å². The highest BCUT2D eigenvalue weighted by Gasteiger charge is 2.48. The maximum atomic E-state index is 6.20. The van der Waals surface area contributed by atoms with Gasteiger partial charge in [0.15, 0.2) is 0 Å². The Morgan fingerprint density at radius 2 is 2.13 bits per heavy atom. The van der Waals surface area contributed by atoms with Crippen LogP contribution < -0.4 is 5.32 Å². The largest absolute Gasteiger partial charge is 0.352 e. The molecule has 2 aliphatic rings. The van der Waals surface area contributed by atoms with Gasteiger partial charge in [-0.05, 0) is 46.7 Å². The Morgan fingerprint density at radius 3 is 2.67 bits per heavy atom. The van der Waals surface area contributed by atoms with Crippen molar-refractivity contribution in [2.75, 3.05) is 19.6 Å². The third kappa shape index (κ3) is 2.05. The summed E-state index contributed by atoms with van der Waals surface area (Å²) < 4.78 is 6.20. The number of ether oxygens (including phenoxy) is 1. The highest BCUT2D eigenvalue weighted by atomic mass is 16.5. The average Bonchev–Trinajstić information content (AvgIpc) is 2.71. The van der Waals surface area contributed by atoms with E-state index in [2.05, 4.69) is 37.9 Å². The minimum Gasteiger partial charge on any atom is -0.352 e. The molecule has 2 heterocycles. The molecule has 2 fully saturated rings. The second kappa shape index (κ2) is 3.72. The molecule has 2 saturated heterocycles. The van der Waals surface area contributed by atoms with Crippen molar-refractivity contribution in [2.24, 2.45) is 0 Å². The summed E-state index contributed by atoms with van der Waals surface area (Å²) in [6.45, 7) is 12.1. The molecule has 0 aromatic rings. The fourth-order valence-electron chi connectivity index (χ4n) is 3.05. The number of nitrogens with one attached hydrogen (secondary N) is 1. The molecule has 2 rings (SSSR count). The Bertz CT molecular complexity index is 242. The van der Waals surface area contributed by atoms with Crippen molar-refractivity contribution in [3.8, 4) is 0 Å². The van der Waals surface area contributed by atoms with Gasteiger partial charge in [-0.15, -0.1) is 0 Å². The van der Waals surface area contributed by atoms with Gasteiger partial charge in [-0.2, -0.15) is 0 Å². The van der Waals surface area contributed by atoms with Crippen LogP contribution in [0.4, 0.5) is 0 Å². The molecule has 3 nitrogen and oxygen atoms in total. The highest BCUT2D eigenvalue weighted by molar-refractivity contribution is 4.99. The minimum atomic E-state index is -0.143. The SMILES string of the molecule is CCN1CCCC1C1(C)NCC(C)(C)O1. The zero-order valence-corrected chi connectivity index (χ0v) is 10.5. The van der Waals surface area contributed by atoms with Crippen molar-refractivity contribution in [1.29, 1.82) is 0 Å². The summed E-state index contributed by atoms with van der Waals surface area (Å²) >= 11 is 0. The van der Waals surface area contributed by atoms with Crippen molar-refractivity contribution >= 4 is 0 Å². The van der Waals surface area contributed by atoms with E-state index in [0.29, 0.717) is 6.04 Å². The molecular formula is C12H24N2O. The van der Waals surface area contributed by atoms with Gasteiger partial charge >= 0.3 is 0 Å². The number of rotatable bonds is 2. The third-order valence-corrected chi connectivity index (χ3v) is 3.76. The summed E-state index contributed by atoms with van der Waals surface area (Å²) in [5.41, 5.74) is -0.160. The van der Waals surface area contributed by atoms with Crippen LogP contribution in [0.3, 0.4) is 0 Å². The Morgan fingerprint density at radius 1 is 1.40 bits per heavy atom. The third-order valence-electron chi connectivity index (χ3n) is 3.76. The lowest BCUT2D eigenvalue weighted by molar-refractivity contribution is -0.115. The molecule has 0 bridgehead atoms. The predicted octanol–water partition coefficient (Wildman–Crippen LogP) is 1.59. The van der Waals surface area contributed by atoms with E-state index in [4.69, 9.17) is 4.74 Å². The maximum absolute atomic E-state index is 6.20. The minimum absolute atomic E-state index is 0.0171. The first-order valence-corrected chi connectivity index (χ1v) is 6.16. The quantitative estimate of drug-likeness (QED) is 0.752. The van der Waals surface area contributed by atoms with Gasteiger partial charge in [0.2, 0.25) is 0 Å². The zero-order valence-electron chi connectivity index (χ0n) is 10.5. The normalized spacial score (nSPS) is 41.2. The summed E-state index contributed by atoms with van der Waals surface area (Å²) in [4.78, 5) is 2.54. The lowest BCUT2D eigenvalue weighted by atomic mass is 10.0. The van der Waals surface area contributed by atoms with E-state index < -0.39 is 0 Å². The van der Waals surface area contributed by atoms with E-state index >= 15 is 0 Å². The Hall–Kier alpha value is -0.120. The average molecular weight is 212 g/mol. The fraction of sp³-hybridized carbons (Fsp3) is 1.00. The van der Waals surface area contributed by atoms with Crippen LogP contribution in [0.15, 0.2) is 0 Å². The molecule has 2 unspecified atom stereocenters. The molecule has 1 N–H and O–H groups in total. The maximum Gasteiger partial charge on any atom is 0.132 e. The molecule has 0 radical (unpaired) electrons. The molecule has 88 valence electrons. The molecule has 15 heavy (non-hydrogen) atoms. The molecule has 2 atom stereocenters. The summed E-state index contributed by atoms with van der Waals surface area (Å²) in [5.74, 6) is 0. The first kappa shape index (κ1) is 11.4. The predicted molar refractivity (Wildman–Crippen MR) is 61.8 cm³/mol. The van der Waals surface area contributed by atoms with Gasteiger partial charge in [0, 0.05) is 6.54 Å². The molecule has 0 aromatic carbocycles. The van der Waals surface area contributed by atoms with E-state index in [1.165, 1.54) is 19.4 Å².